The minimum Gasteiger partial charge on any atom is -0.497 e. The first kappa shape index (κ1) is 18.5. The number of nitrogens with one attached hydrogen (secondary N) is 2. The van der Waals surface area contributed by atoms with E-state index in [2.05, 4.69) is 10.6 Å². The summed E-state index contributed by atoms with van der Waals surface area (Å²) in [6.07, 6.45) is 3.12. The molecule has 0 aliphatic rings. The Hall–Kier alpha value is -2.86. The molecule has 0 fully saturated rings. The van der Waals surface area contributed by atoms with Crippen molar-refractivity contribution in [3.8, 4) is 11.5 Å². The Morgan fingerprint density at radius 1 is 1.16 bits per heavy atom. The maximum atomic E-state index is 12.0. The number of hydrogen-bond acceptors (Lipinski definition) is 4. The average molecular weight is 356 g/mol. The number of para-hydroxylation sites is 2. The Bertz CT molecular complexity index is 758. The topological polar surface area (TPSA) is 59.6 Å². The van der Waals surface area contributed by atoms with Crippen LogP contribution in [0.5, 0.6) is 11.5 Å². The Kier molecular flexibility index (Phi) is 6.98. The molecule has 1 amide bonds. The molecule has 2 aromatic carbocycles. The van der Waals surface area contributed by atoms with E-state index in [1.165, 1.54) is 6.08 Å². The van der Waals surface area contributed by atoms with Crippen LogP contribution in [-0.2, 0) is 4.79 Å². The molecule has 0 atom stereocenters. The molecule has 0 radical (unpaired) electrons. The van der Waals surface area contributed by atoms with Crippen molar-refractivity contribution >= 4 is 35.0 Å². The third-order valence-electron chi connectivity index (χ3n) is 3.21. The highest BCUT2D eigenvalue weighted by atomic mass is 32.1. The van der Waals surface area contributed by atoms with Gasteiger partial charge in [-0.1, -0.05) is 24.3 Å². The fraction of sp³-hybridized carbons (Fsp3) is 0.158. The van der Waals surface area contributed by atoms with E-state index < -0.39 is 0 Å². The van der Waals surface area contributed by atoms with Gasteiger partial charge in [0.15, 0.2) is 5.11 Å². The summed E-state index contributed by atoms with van der Waals surface area (Å²) >= 11 is 5.17. The summed E-state index contributed by atoms with van der Waals surface area (Å²) < 4.78 is 10.6. The van der Waals surface area contributed by atoms with Gasteiger partial charge in [-0.25, -0.2) is 0 Å². The van der Waals surface area contributed by atoms with Crippen LogP contribution in [-0.4, -0.2) is 24.7 Å². The predicted octanol–water partition coefficient (Wildman–Crippen LogP) is 3.62. The molecule has 6 heteroatoms. The zero-order valence-electron chi connectivity index (χ0n) is 14.1. The van der Waals surface area contributed by atoms with Crippen LogP contribution in [0.3, 0.4) is 0 Å². The molecular formula is C19H20N2O3S. The number of rotatable bonds is 6. The van der Waals surface area contributed by atoms with Crippen LogP contribution in [0.2, 0.25) is 0 Å². The molecule has 2 rings (SSSR count). The molecule has 0 saturated carbocycles. The highest BCUT2D eigenvalue weighted by molar-refractivity contribution is 7.80. The molecule has 0 spiro atoms. The number of amides is 1. The van der Waals surface area contributed by atoms with E-state index in [9.17, 15) is 4.79 Å². The summed E-state index contributed by atoms with van der Waals surface area (Å²) in [6, 6.07) is 14.8. The van der Waals surface area contributed by atoms with Gasteiger partial charge in [-0.15, -0.1) is 0 Å². The molecule has 0 aromatic heterocycles. The van der Waals surface area contributed by atoms with Gasteiger partial charge in [0.05, 0.1) is 19.4 Å². The van der Waals surface area contributed by atoms with Crippen LogP contribution < -0.4 is 20.1 Å². The van der Waals surface area contributed by atoms with Crippen molar-refractivity contribution < 1.29 is 14.3 Å². The van der Waals surface area contributed by atoms with Crippen LogP contribution >= 0.6 is 12.2 Å². The molecule has 0 aliphatic heterocycles. The number of benzene rings is 2. The van der Waals surface area contributed by atoms with Crippen molar-refractivity contribution in [1.29, 1.82) is 0 Å². The number of thiocarbonyl (C=S) groups is 1. The fourth-order valence-corrected chi connectivity index (χ4v) is 2.26. The van der Waals surface area contributed by atoms with Gasteiger partial charge in [0.2, 0.25) is 5.91 Å². The summed E-state index contributed by atoms with van der Waals surface area (Å²) in [4.78, 5) is 12.0. The second kappa shape index (κ2) is 9.44. The molecule has 2 aromatic rings. The second-order valence-corrected chi connectivity index (χ2v) is 5.39. The van der Waals surface area contributed by atoms with E-state index in [4.69, 9.17) is 21.7 Å². The number of ether oxygens (including phenoxy) is 2. The monoisotopic (exact) mass is 356 g/mol. The number of carbonyl (C=O) groups is 1. The van der Waals surface area contributed by atoms with Crippen LogP contribution in [0.1, 0.15) is 12.5 Å². The highest BCUT2D eigenvalue weighted by Gasteiger charge is 2.06. The van der Waals surface area contributed by atoms with E-state index in [1.54, 1.807) is 13.2 Å². The molecule has 130 valence electrons. The van der Waals surface area contributed by atoms with Crippen LogP contribution in [0.4, 0.5) is 5.69 Å². The van der Waals surface area contributed by atoms with Crippen LogP contribution in [0.15, 0.2) is 54.6 Å². The van der Waals surface area contributed by atoms with Gasteiger partial charge in [0.25, 0.3) is 0 Å². The van der Waals surface area contributed by atoms with Gasteiger partial charge in [-0.3, -0.25) is 10.1 Å². The van der Waals surface area contributed by atoms with Crippen molar-refractivity contribution in [1.82, 2.24) is 5.32 Å². The number of anilines is 1. The van der Waals surface area contributed by atoms with Crippen LogP contribution in [0.25, 0.3) is 6.08 Å². The normalized spacial score (nSPS) is 10.3. The van der Waals surface area contributed by atoms with Crippen molar-refractivity contribution in [2.75, 3.05) is 19.0 Å². The molecule has 0 saturated heterocycles. The maximum absolute atomic E-state index is 12.0. The molecule has 0 bridgehead atoms. The molecular weight excluding hydrogens is 336 g/mol. The summed E-state index contributed by atoms with van der Waals surface area (Å²) in [5, 5.41) is 5.77. The van der Waals surface area contributed by atoms with E-state index >= 15 is 0 Å². The quantitative estimate of drug-likeness (QED) is 0.611. The highest BCUT2D eigenvalue weighted by Crippen LogP contribution is 2.23. The van der Waals surface area contributed by atoms with E-state index in [0.29, 0.717) is 18.0 Å². The first-order chi connectivity index (χ1) is 12.1. The van der Waals surface area contributed by atoms with Gasteiger partial charge in [0.1, 0.15) is 11.5 Å². The van der Waals surface area contributed by atoms with Gasteiger partial charge in [-0.05, 0) is 55.0 Å². The standard InChI is InChI=1S/C19H20N2O3S/c1-3-24-17-7-5-4-6-16(17)20-19(25)21-18(22)13-10-14-8-11-15(23-2)12-9-14/h4-13H,3H2,1-2H3,(H2,20,21,22,25). The van der Waals surface area contributed by atoms with Crippen molar-refractivity contribution in [3.63, 3.8) is 0 Å². The molecule has 0 aliphatic carbocycles. The van der Waals surface area contributed by atoms with Crippen molar-refractivity contribution in [2.24, 2.45) is 0 Å². The Morgan fingerprint density at radius 2 is 1.88 bits per heavy atom. The first-order valence-electron chi connectivity index (χ1n) is 7.78. The third kappa shape index (κ3) is 5.93. The Labute approximate surface area is 152 Å². The van der Waals surface area contributed by atoms with Crippen molar-refractivity contribution in [3.05, 3.63) is 60.2 Å². The number of methoxy groups -OCH3 is 1. The Balaban J connectivity index is 1.91. The Morgan fingerprint density at radius 3 is 2.56 bits per heavy atom. The molecule has 0 heterocycles. The fourth-order valence-electron chi connectivity index (χ4n) is 2.05. The average Bonchev–Trinajstić information content (AvgIpc) is 2.62. The molecule has 0 unspecified atom stereocenters. The minimum atomic E-state index is -0.317. The molecule has 2 N–H and O–H groups in total. The third-order valence-corrected chi connectivity index (χ3v) is 3.42. The largest absolute Gasteiger partial charge is 0.497 e. The maximum Gasteiger partial charge on any atom is 0.250 e. The number of hydrogen-bond donors (Lipinski definition) is 2. The van der Waals surface area contributed by atoms with Crippen molar-refractivity contribution in [2.45, 2.75) is 6.92 Å². The van der Waals surface area contributed by atoms with E-state index in [0.717, 1.165) is 11.3 Å². The zero-order valence-corrected chi connectivity index (χ0v) is 14.9. The van der Waals surface area contributed by atoms with E-state index in [-0.39, 0.29) is 11.0 Å². The van der Waals surface area contributed by atoms with E-state index in [1.807, 2.05) is 55.5 Å². The zero-order chi connectivity index (χ0) is 18.1. The summed E-state index contributed by atoms with van der Waals surface area (Å²) in [5.41, 5.74) is 1.59. The summed E-state index contributed by atoms with van der Waals surface area (Å²) in [7, 11) is 1.61. The molecule has 5 nitrogen and oxygen atoms in total. The predicted molar refractivity (Wildman–Crippen MR) is 104 cm³/mol. The van der Waals surface area contributed by atoms with Gasteiger partial charge in [-0.2, -0.15) is 0 Å². The lowest BCUT2D eigenvalue weighted by molar-refractivity contribution is -0.115. The summed E-state index contributed by atoms with van der Waals surface area (Å²) in [5.74, 6) is 1.12. The van der Waals surface area contributed by atoms with Gasteiger partial charge in [0, 0.05) is 6.08 Å². The second-order valence-electron chi connectivity index (χ2n) is 4.98. The lowest BCUT2D eigenvalue weighted by atomic mass is 10.2. The minimum absolute atomic E-state index is 0.205. The smallest absolute Gasteiger partial charge is 0.250 e. The number of carbonyl (C=O) groups excluding carboxylic acids is 1. The lowest BCUT2D eigenvalue weighted by Crippen LogP contribution is -2.32. The first-order valence-corrected chi connectivity index (χ1v) is 8.19. The molecule has 25 heavy (non-hydrogen) atoms. The van der Waals surface area contributed by atoms with Gasteiger partial charge >= 0.3 is 0 Å². The van der Waals surface area contributed by atoms with Crippen LogP contribution in [0, 0.1) is 0 Å². The van der Waals surface area contributed by atoms with Gasteiger partial charge < -0.3 is 14.8 Å². The summed E-state index contributed by atoms with van der Waals surface area (Å²) in [6.45, 7) is 2.45. The SMILES string of the molecule is CCOc1ccccc1NC(=S)NC(=O)C=Cc1ccc(OC)cc1. The lowest BCUT2D eigenvalue weighted by Gasteiger charge is -2.12.